The Morgan fingerprint density at radius 3 is 2.68 bits per heavy atom. The zero-order chi connectivity index (χ0) is 22.2. The van der Waals surface area contributed by atoms with E-state index in [0.717, 1.165) is 11.3 Å². The Labute approximate surface area is 183 Å². The van der Waals surface area contributed by atoms with E-state index in [1.165, 1.54) is 30.7 Å². The van der Waals surface area contributed by atoms with Crippen LogP contribution in [0.1, 0.15) is 32.4 Å². The number of amides is 1. The molecule has 0 bridgehead atoms. The maximum absolute atomic E-state index is 14.5. The Bertz CT molecular complexity index is 1220. The molecule has 0 atom stereocenters. The van der Waals surface area contributed by atoms with Gasteiger partial charge in [-0.25, -0.2) is 17.8 Å². The van der Waals surface area contributed by atoms with Crippen molar-refractivity contribution in [2.24, 2.45) is 0 Å². The Balaban J connectivity index is 1.48. The molecule has 2 N–H and O–H groups in total. The SMILES string of the molecule is CC(C)(C(=O)Nc1ccc(-c2cnccn2)c(F)c1)c1csc(NS(=O)(=O)C2CC2)n1. The minimum atomic E-state index is -3.43. The average molecular weight is 462 g/mol. The van der Waals surface area contributed by atoms with E-state index < -0.39 is 27.2 Å². The molecule has 1 aromatic carbocycles. The number of carbonyl (C=O) groups excluding carboxylic acids is 1. The summed E-state index contributed by atoms with van der Waals surface area (Å²) in [6.45, 7) is 3.34. The molecule has 2 aromatic heterocycles. The van der Waals surface area contributed by atoms with Crippen molar-refractivity contribution in [1.29, 1.82) is 0 Å². The van der Waals surface area contributed by atoms with Crippen LogP contribution in [0.5, 0.6) is 0 Å². The van der Waals surface area contributed by atoms with E-state index >= 15 is 0 Å². The Morgan fingerprint density at radius 1 is 1.26 bits per heavy atom. The topological polar surface area (TPSA) is 114 Å². The molecule has 4 rings (SSSR count). The predicted octanol–water partition coefficient (Wildman–Crippen LogP) is 3.56. The van der Waals surface area contributed by atoms with E-state index in [1.807, 2.05) is 0 Å². The van der Waals surface area contributed by atoms with Crippen LogP contribution in [-0.2, 0) is 20.2 Å². The highest BCUT2D eigenvalue weighted by atomic mass is 32.2. The van der Waals surface area contributed by atoms with Gasteiger partial charge in [0.15, 0.2) is 5.13 Å². The summed E-state index contributed by atoms with van der Waals surface area (Å²) in [5.41, 5.74) is 0.298. The fraction of sp³-hybridized carbons (Fsp3) is 0.300. The van der Waals surface area contributed by atoms with Gasteiger partial charge in [-0.05, 0) is 44.9 Å². The standard InChI is InChI=1S/C20H20FN5O3S2/c1-20(2,17-11-30-19(25-17)26-31(28,29)13-4-5-13)18(27)24-12-3-6-14(15(21)9-12)16-10-22-7-8-23-16/h3,6-11,13H,4-5H2,1-2H3,(H,24,27)(H,25,26). The van der Waals surface area contributed by atoms with Crippen LogP contribution in [-0.4, -0.2) is 34.5 Å². The summed E-state index contributed by atoms with van der Waals surface area (Å²) in [6, 6.07) is 4.32. The van der Waals surface area contributed by atoms with Gasteiger partial charge in [-0.1, -0.05) is 0 Å². The third-order valence-corrected chi connectivity index (χ3v) is 7.68. The number of nitrogens with one attached hydrogen (secondary N) is 2. The molecule has 0 spiro atoms. The highest BCUT2D eigenvalue weighted by Gasteiger charge is 2.37. The van der Waals surface area contributed by atoms with Crippen molar-refractivity contribution in [2.75, 3.05) is 10.0 Å². The first-order valence-corrected chi connectivity index (χ1v) is 11.9. The number of nitrogens with zero attached hydrogens (tertiary/aromatic N) is 3. The van der Waals surface area contributed by atoms with Crippen molar-refractivity contribution < 1.29 is 17.6 Å². The van der Waals surface area contributed by atoms with Crippen LogP contribution in [0.4, 0.5) is 15.2 Å². The number of halogens is 1. The molecule has 2 heterocycles. The number of thiazole rings is 1. The zero-order valence-electron chi connectivity index (χ0n) is 16.8. The Kier molecular flexibility index (Phi) is 5.48. The first kappa shape index (κ1) is 21.3. The van der Waals surface area contributed by atoms with Crippen LogP contribution in [0.2, 0.25) is 0 Å². The normalized spacial score (nSPS) is 14.3. The summed E-state index contributed by atoms with van der Waals surface area (Å²) < 4.78 is 41.2. The average Bonchev–Trinajstić information content (AvgIpc) is 3.49. The van der Waals surface area contributed by atoms with Crippen LogP contribution in [0.25, 0.3) is 11.3 Å². The zero-order valence-corrected chi connectivity index (χ0v) is 18.4. The maximum atomic E-state index is 14.5. The highest BCUT2D eigenvalue weighted by Crippen LogP contribution is 2.33. The molecule has 1 aliphatic rings. The summed E-state index contributed by atoms with van der Waals surface area (Å²) in [5, 5.41) is 4.20. The number of aromatic nitrogens is 3. The Morgan fingerprint density at radius 2 is 2.03 bits per heavy atom. The number of benzene rings is 1. The van der Waals surface area contributed by atoms with E-state index in [9.17, 15) is 17.6 Å². The second-order valence-corrected chi connectivity index (χ2v) is 10.6. The van der Waals surface area contributed by atoms with Crippen molar-refractivity contribution in [3.8, 4) is 11.3 Å². The molecule has 31 heavy (non-hydrogen) atoms. The molecule has 0 unspecified atom stereocenters. The van der Waals surface area contributed by atoms with Crippen molar-refractivity contribution in [3.05, 3.63) is 53.7 Å². The summed E-state index contributed by atoms with van der Waals surface area (Å²) >= 11 is 1.12. The van der Waals surface area contributed by atoms with Gasteiger partial charge in [-0.3, -0.25) is 19.5 Å². The van der Waals surface area contributed by atoms with Gasteiger partial charge in [0.05, 0.1) is 28.2 Å². The molecule has 0 aliphatic heterocycles. The first-order chi connectivity index (χ1) is 14.7. The maximum Gasteiger partial charge on any atom is 0.237 e. The molecule has 0 saturated heterocycles. The summed E-state index contributed by atoms with van der Waals surface area (Å²) in [6.07, 6.45) is 5.72. The minimum Gasteiger partial charge on any atom is -0.325 e. The molecule has 1 fully saturated rings. The lowest BCUT2D eigenvalue weighted by atomic mass is 9.89. The van der Waals surface area contributed by atoms with Crippen LogP contribution in [0.15, 0.2) is 42.2 Å². The monoisotopic (exact) mass is 461 g/mol. The molecule has 8 nitrogen and oxygen atoms in total. The second kappa shape index (κ2) is 7.97. The van der Waals surface area contributed by atoms with Crippen LogP contribution >= 0.6 is 11.3 Å². The minimum absolute atomic E-state index is 0.224. The van der Waals surface area contributed by atoms with Crippen molar-refractivity contribution in [2.45, 2.75) is 37.4 Å². The number of sulfonamides is 1. The van der Waals surface area contributed by atoms with Gasteiger partial charge >= 0.3 is 0 Å². The van der Waals surface area contributed by atoms with Crippen molar-refractivity contribution in [1.82, 2.24) is 15.0 Å². The van der Waals surface area contributed by atoms with E-state index in [-0.39, 0.29) is 21.6 Å². The molecule has 11 heteroatoms. The lowest BCUT2D eigenvalue weighted by Crippen LogP contribution is -2.35. The molecule has 1 aliphatic carbocycles. The van der Waals surface area contributed by atoms with E-state index in [0.29, 0.717) is 24.2 Å². The number of hydrogen-bond donors (Lipinski definition) is 2. The lowest BCUT2D eigenvalue weighted by molar-refractivity contribution is -0.120. The summed E-state index contributed by atoms with van der Waals surface area (Å²) in [4.78, 5) is 25.2. The van der Waals surface area contributed by atoms with Crippen LogP contribution in [0, 0.1) is 5.82 Å². The molecular formula is C20H20FN5O3S2. The van der Waals surface area contributed by atoms with Crippen LogP contribution in [0.3, 0.4) is 0 Å². The van der Waals surface area contributed by atoms with Gasteiger partial charge in [0.1, 0.15) is 5.82 Å². The van der Waals surface area contributed by atoms with Gasteiger partial charge in [0.2, 0.25) is 15.9 Å². The lowest BCUT2D eigenvalue weighted by Gasteiger charge is -2.21. The van der Waals surface area contributed by atoms with Gasteiger partial charge < -0.3 is 5.32 Å². The van der Waals surface area contributed by atoms with E-state index in [1.54, 1.807) is 25.3 Å². The van der Waals surface area contributed by atoms with E-state index in [2.05, 4.69) is 25.0 Å². The summed E-state index contributed by atoms with van der Waals surface area (Å²) in [7, 11) is -3.43. The number of hydrogen-bond acceptors (Lipinski definition) is 7. The molecule has 0 radical (unpaired) electrons. The molecular weight excluding hydrogens is 441 g/mol. The highest BCUT2D eigenvalue weighted by molar-refractivity contribution is 7.93. The number of carbonyl (C=O) groups is 1. The first-order valence-electron chi connectivity index (χ1n) is 9.52. The van der Waals surface area contributed by atoms with Gasteiger partial charge in [0, 0.05) is 29.0 Å². The molecule has 162 valence electrons. The number of rotatable bonds is 7. The molecule has 3 aromatic rings. The predicted molar refractivity (Wildman–Crippen MR) is 117 cm³/mol. The van der Waals surface area contributed by atoms with Crippen LogP contribution < -0.4 is 10.0 Å². The van der Waals surface area contributed by atoms with Crippen molar-refractivity contribution in [3.63, 3.8) is 0 Å². The van der Waals surface area contributed by atoms with Gasteiger partial charge in [-0.2, -0.15) is 0 Å². The fourth-order valence-corrected chi connectivity index (χ4v) is 5.31. The quantitative estimate of drug-likeness (QED) is 0.556. The van der Waals surface area contributed by atoms with Crippen molar-refractivity contribution >= 4 is 38.1 Å². The number of anilines is 2. The third kappa shape index (κ3) is 4.57. The van der Waals surface area contributed by atoms with Gasteiger partial charge in [-0.15, -0.1) is 11.3 Å². The van der Waals surface area contributed by atoms with E-state index in [4.69, 9.17) is 0 Å². The molecule has 1 saturated carbocycles. The smallest absolute Gasteiger partial charge is 0.237 e. The summed E-state index contributed by atoms with van der Waals surface area (Å²) in [5.74, 6) is -0.942. The molecule has 1 amide bonds. The largest absolute Gasteiger partial charge is 0.325 e. The second-order valence-electron chi connectivity index (χ2n) is 7.75. The third-order valence-electron chi connectivity index (χ3n) is 4.97. The Hall–Kier alpha value is -2.92. The van der Waals surface area contributed by atoms with Gasteiger partial charge in [0.25, 0.3) is 0 Å². The fourth-order valence-electron chi connectivity index (χ4n) is 2.83.